The molecule has 0 heterocycles. The number of amides is 5. The minimum atomic E-state index is -1.30. The largest absolute Gasteiger partial charge is 0.445 e. The highest BCUT2D eigenvalue weighted by atomic mass is 16.5. The lowest BCUT2D eigenvalue weighted by molar-refractivity contribution is -0.133. The van der Waals surface area contributed by atoms with Crippen molar-refractivity contribution in [2.75, 3.05) is 6.54 Å². The summed E-state index contributed by atoms with van der Waals surface area (Å²) in [4.78, 5) is 59.1. The fraction of sp³-hybridized carbons (Fsp3) is 0.476. The van der Waals surface area contributed by atoms with E-state index in [1.165, 1.54) is 6.92 Å². The number of alkyl carbamates (subject to hydrolysis) is 1. The van der Waals surface area contributed by atoms with Gasteiger partial charge in [0.15, 0.2) is 0 Å². The van der Waals surface area contributed by atoms with Crippen LogP contribution in [0.15, 0.2) is 30.3 Å². The van der Waals surface area contributed by atoms with Crippen molar-refractivity contribution in [3.8, 4) is 0 Å². The highest BCUT2D eigenvalue weighted by molar-refractivity contribution is 5.95. The third kappa shape index (κ3) is 11.2. The minimum Gasteiger partial charge on any atom is -0.445 e. The average molecular weight is 480 g/mol. The summed E-state index contributed by atoms with van der Waals surface area (Å²) in [5.41, 5.74) is 13.8. The fourth-order valence-corrected chi connectivity index (χ4v) is 2.78. The maximum atomic E-state index is 12.3. The van der Waals surface area contributed by atoms with Gasteiger partial charge in [0.1, 0.15) is 18.7 Å². The quantitative estimate of drug-likeness (QED) is 0.0701. The molecule has 0 aromatic heterocycles. The lowest BCUT2D eigenvalue weighted by Gasteiger charge is -2.21. The highest BCUT2D eigenvalue weighted by Crippen LogP contribution is 2.03. The number of hydrogen-bond acceptors (Lipinski definition) is 8. The summed E-state index contributed by atoms with van der Waals surface area (Å²) >= 11 is 0. The first-order valence-electron chi connectivity index (χ1n) is 10.7. The van der Waals surface area contributed by atoms with Crippen LogP contribution in [0.5, 0.6) is 0 Å². The normalized spacial score (nSPS) is 13.0. The van der Waals surface area contributed by atoms with Crippen LogP contribution in [-0.2, 0) is 30.5 Å². The van der Waals surface area contributed by atoms with Crippen LogP contribution in [-0.4, -0.2) is 54.4 Å². The second-order valence-electron chi connectivity index (χ2n) is 7.56. The molecule has 10 N–H and O–H groups in total. The van der Waals surface area contributed by atoms with Gasteiger partial charge in [-0.2, -0.15) is 0 Å². The Kier molecular flexibility index (Phi) is 12.6. The van der Waals surface area contributed by atoms with Crippen LogP contribution in [0.3, 0.4) is 0 Å². The molecular formula is C21H33N7O6. The van der Waals surface area contributed by atoms with E-state index < -0.39 is 54.3 Å². The molecule has 1 rings (SSSR count). The molecule has 0 saturated heterocycles. The number of nitrogens with one attached hydrogen (secondary N) is 4. The van der Waals surface area contributed by atoms with E-state index in [2.05, 4.69) is 16.0 Å². The number of hydrazine groups is 1. The SMILES string of the molecule is C[C@H](NC(=O)[C@H](CC(N)=O)NC(=O)[C@@H](N)CCCCNC(=O)OCc1ccccc1)C(=O)NN. The molecule has 0 radical (unpaired) electrons. The smallest absolute Gasteiger partial charge is 0.407 e. The van der Waals surface area contributed by atoms with Crippen molar-refractivity contribution in [3.05, 3.63) is 35.9 Å². The molecule has 5 amide bonds. The molecule has 13 heteroatoms. The van der Waals surface area contributed by atoms with Crippen molar-refractivity contribution in [2.45, 2.75) is 57.3 Å². The van der Waals surface area contributed by atoms with Gasteiger partial charge in [0.05, 0.1) is 12.5 Å². The van der Waals surface area contributed by atoms with Gasteiger partial charge in [-0.25, -0.2) is 10.6 Å². The summed E-state index contributed by atoms with van der Waals surface area (Å²) in [7, 11) is 0. The lowest BCUT2D eigenvalue weighted by Crippen LogP contribution is -2.56. The number of rotatable bonds is 14. The van der Waals surface area contributed by atoms with Gasteiger partial charge < -0.3 is 32.2 Å². The molecule has 0 bridgehead atoms. The predicted octanol–water partition coefficient (Wildman–Crippen LogP) is -1.73. The van der Waals surface area contributed by atoms with Gasteiger partial charge in [-0.3, -0.25) is 24.6 Å². The van der Waals surface area contributed by atoms with Gasteiger partial charge in [-0.05, 0) is 31.7 Å². The van der Waals surface area contributed by atoms with E-state index in [0.717, 1.165) is 5.56 Å². The predicted molar refractivity (Wildman–Crippen MR) is 122 cm³/mol. The first-order valence-corrected chi connectivity index (χ1v) is 10.7. The molecule has 13 nitrogen and oxygen atoms in total. The minimum absolute atomic E-state index is 0.160. The summed E-state index contributed by atoms with van der Waals surface area (Å²) < 4.78 is 5.09. The van der Waals surface area contributed by atoms with Crippen molar-refractivity contribution >= 4 is 29.7 Å². The van der Waals surface area contributed by atoms with Crippen LogP contribution in [0.1, 0.15) is 38.2 Å². The standard InChI is InChI=1S/C21H33N7O6/c1-13(18(30)28-24)26-20(32)16(11-17(23)29)27-19(31)15(22)9-5-6-10-25-21(33)34-12-14-7-3-2-4-8-14/h2-4,7-8,13,15-16H,5-6,9-12,22,24H2,1H3,(H2,23,29)(H,25,33)(H,26,32)(H,27,31)(H,28,30)/t13-,15-,16-/m0/s1. The van der Waals surface area contributed by atoms with E-state index in [1.807, 2.05) is 35.8 Å². The van der Waals surface area contributed by atoms with Crippen molar-refractivity contribution in [2.24, 2.45) is 17.3 Å². The Morgan fingerprint density at radius 3 is 2.26 bits per heavy atom. The molecule has 34 heavy (non-hydrogen) atoms. The van der Waals surface area contributed by atoms with Gasteiger partial charge >= 0.3 is 6.09 Å². The Morgan fingerprint density at radius 2 is 1.65 bits per heavy atom. The number of carbonyl (C=O) groups is 5. The lowest BCUT2D eigenvalue weighted by atomic mass is 10.1. The first kappa shape index (κ1) is 28.3. The summed E-state index contributed by atoms with van der Waals surface area (Å²) in [5.74, 6) is 2.08. The maximum Gasteiger partial charge on any atom is 0.407 e. The van der Waals surface area contributed by atoms with E-state index in [0.29, 0.717) is 19.4 Å². The summed E-state index contributed by atoms with van der Waals surface area (Å²) in [5, 5.41) is 7.31. The Hall–Kier alpha value is -3.71. The Balaban J connectivity index is 2.36. The summed E-state index contributed by atoms with van der Waals surface area (Å²) in [6, 6.07) is 5.99. The highest BCUT2D eigenvalue weighted by Gasteiger charge is 2.27. The van der Waals surface area contributed by atoms with Crippen LogP contribution < -0.4 is 38.7 Å². The number of primary amides is 1. The molecule has 0 spiro atoms. The molecule has 1 aromatic carbocycles. The van der Waals surface area contributed by atoms with Gasteiger partial charge in [-0.1, -0.05) is 30.3 Å². The van der Waals surface area contributed by atoms with E-state index in [-0.39, 0.29) is 13.0 Å². The van der Waals surface area contributed by atoms with Crippen molar-refractivity contribution < 1.29 is 28.7 Å². The number of ether oxygens (including phenoxy) is 1. The number of hydrogen-bond donors (Lipinski definition) is 7. The van der Waals surface area contributed by atoms with Crippen LogP contribution >= 0.6 is 0 Å². The van der Waals surface area contributed by atoms with Crippen LogP contribution in [0.25, 0.3) is 0 Å². The maximum absolute atomic E-state index is 12.3. The number of nitrogens with two attached hydrogens (primary N) is 3. The van der Waals surface area contributed by atoms with E-state index in [4.69, 9.17) is 22.0 Å². The number of benzene rings is 1. The molecule has 0 fully saturated rings. The molecular weight excluding hydrogens is 446 g/mol. The van der Waals surface area contributed by atoms with Crippen molar-refractivity contribution in [1.82, 2.24) is 21.4 Å². The molecule has 0 unspecified atom stereocenters. The van der Waals surface area contributed by atoms with Crippen molar-refractivity contribution in [1.29, 1.82) is 0 Å². The molecule has 188 valence electrons. The zero-order valence-electron chi connectivity index (χ0n) is 19.0. The van der Waals surface area contributed by atoms with Gasteiger partial charge in [0.25, 0.3) is 5.91 Å². The van der Waals surface area contributed by atoms with E-state index >= 15 is 0 Å². The van der Waals surface area contributed by atoms with Crippen LogP contribution in [0.4, 0.5) is 4.79 Å². The van der Waals surface area contributed by atoms with E-state index in [1.54, 1.807) is 0 Å². The Morgan fingerprint density at radius 1 is 0.971 bits per heavy atom. The first-order chi connectivity index (χ1) is 16.1. The van der Waals surface area contributed by atoms with Gasteiger partial charge in [0.2, 0.25) is 17.7 Å². The molecule has 0 saturated carbocycles. The fourth-order valence-electron chi connectivity index (χ4n) is 2.78. The van der Waals surface area contributed by atoms with Crippen molar-refractivity contribution in [3.63, 3.8) is 0 Å². The summed E-state index contributed by atoms with van der Waals surface area (Å²) in [6.45, 7) is 1.86. The molecule has 1 aromatic rings. The number of unbranched alkanes of at least 4 members (excludes halogenated alkanes) is 1. The molecule has 3 atom stereocenters. The zero-order valence-corrected chi connectivity index (χ0v) is 19.0. The molecule has 0 aliphatic heterocycles. The monoisotopic (exact) mass is 479 g/mol. The van der Waals surface area contributed by atoms with Crippen LogP contribution in [0, 0.1) is 0 Å². The third-order valence-electron chi connectivity index (χ3n) is 4.69. The molecule has 0 aliphatic rings. The number of carbonyl (C=O) groups excluding carboxylic acids is 5. The second-order valence-corrected chi connectivity index (χ2v) is 7.56. The molecule has 0 aliphatic carbocycles. The van der Waals surface area contributed by atoms with E-state index in [9.17, 15) is 24.0 Å². The topological polar surface area (TPSA) is 221 Å². The zero-order chi connectivity index (χ0) is 25.5. The van der Waals surface area contributed by atoms with Gasteiger partial charge in [0, 0.05) is 6.54 Å². The third-order valence-corrected chi connectivity index (χ3v) is 4.69. The van der Waals surface area contributed by atoms with Gasteiger partial charge in [-0.15, -0.1) is 0 Å². The Labute approximate surface area is 197 Å². The second kappa shape index (κ2) is 15.2. The van der Waals surface area contributed by atoms with Crippen LogP contribution in [0.2, 0.25) is 0 Å². The summed E-state index contributed by atoms with van der Waals surface area (Å²) in [6.07, 6.45) is 0.287. The Bertz CT molecular complexity index is 836. The average Bonchev–Trinajstić information content (AvgIpc) is 2.81.